The summed E-state index contributed by atoms with van der Waals surface area (Å²) in [5, 5.41) is 8.85. The Balaban J connectivity index is 2.84. The van der Waals surface area contributed by atoms with Crippen LogP contribution in [0, 0.1) is 5.82 Å². The molecule has 0 aliphatic heterocycles. The van der Waals surface area contributed by atoms with E-state index >= 15 is 0 Å². The van der Waals surface area contributed by atoms with E-state index in [0.29, 0.717) is 19.4 Å². The van der Waals surface area contributed by atoms with Crippen LogP contribution in [0.3, 0.4) is 0 Å². The molecule has 1 N–H and O–H groups in total. The van der Waals surface area contributed by atoms with Gasteiger partial charge >= 0.3 is 5.97 Å². The lowest BCUT2D eigenvalue weighted by Gasteiger charge is -2.25. The molecule has 1 aromatic rings. The zero-order valence-corrected chi connectivity index (χ0v) is 12.2. The van der Waals surface area contributed by atoms with Crippen molar-refractivity contribution in [1.29, 1.82) is 0 Å². The molecular formula is C15H20FNO4. The predicted molar refractivity (Wildman–Crippen MR) is 75.6 cm³/mol. The van der Waals surface area contributed by atoms with E-state index < -0.39 is 23.8 Å². The van der Waals surface area contributed by atoms with Gasteiger partial charge in [0.15, 0.2) is 17.7 Å². The molecule has 1 atom stereocenters. The highest BCUT2D eigenvalue weighted by Gasteiger charge is 2.26. The first-order valence-electron chi connectivity index (χ1n) is 6.91. The number of carboxylic acids is 1. The normalized spacial score (nSPS) is 11.8. The topological polar surface area (TPSA) is 66.8 Å². The average molecular weight is 297 g/mol. The Morgan fingerprint density at radius 3 is 2.52 bits per heavy atom. The molecule has 0 fully saturated rings. The Morgan fingerprint density at radius 2 is 2.00 bits per heavy atom. The number of aliphatic carboxylic acids is 1. The number of carbonyl (C=O) groups is 2. The highest BCUT2D eigenvalue weighted by atomic mass is 19.1. The van der Waals surface area contributed by atoms with Crippen LogP contribution in [-0.2, 0) is 9.59 Å². The van der Waals surface area contributed by atoms with Crippen molar-refractivity contribution >= 4 is 11.9 Å². The first-order chi connectivity index (χ1) is 9.99. The van der Waals surface area contributed by atoms with E-state index in [0.717, 1.165) is 0 Å². The van der Waals surface area contributed by atoms with Crippen LogP contribution in [0.15, 0.2) is 24.3 Å². The minimum absolute atomic E-state index is 0.00975. The number of ether oxygens (including phenoxy) is 1. The Kier molecular flexibility index (Phi) is 6.65. The zero-order valence-electron chi connectivity index (χ0n) is 12.2. The van der Waals surface area contributed by atoms with Crippen molar-refractivity contribution in [3.8, 4) is 5.75 Å². The van der Waals surface area contributed by atoms with E-state index in [-0.39, 0.29) is 12.3 Å². The molecule has 0 aromatic heterocycles. The van der Waals surface area contributed by atoms with Gasteiger partial charge in [0, 0.05) is 6.54 Å². The van der Waals surface area contributed by atoms with Gasteiger partial charge < -0.3 is 14.7 Å². The van der Waals surface area contributed by atoms with Crippen molar-refractivity contribution in [3.63, 3.8) is 0 Å². The quantitative estimate of drug-likeness (QED) is 0.799. The molecule has 0 spiro atoms. The monoisotopic (exact) mass is 297 g/mol. The minimum atomic E-state index is -1.09. The summed E-state index contributed by atoms with van der Waals surface area (Å²) in [5.41, 5.74) is 0. The van der Waals surface area contributed by atoms with Crippen LogP contribution in [0.5, 0.6) is 5.75 Å². The van der Waals surface area contributed by atoms with Crippen molar-refractivity contribution < 1.29 is 23.8 Å². The van der Waals surface area contributed by atoms with Gasteiger partial charge in [-0.1, -0.05) is 26.0 Å². The molecule has 5 nitrogen and oxygen atoms in total. The maximum atomic E-state index is 13.6. The Bertz CT molecular complexity index is 492. The Morgan fingerprint density at radius 1 is 1.33 bits per heavy atom. The van der Waals surface area contributed by atoms with E-state index in [1.807, 2.05) is 6.92 Å². The van der Waals surface area contributed by atoms with Gasteiger partial charge in [-0.2, -0.15) is 0 Å². The first kappa shape index (κ1) is 16.9. The molecule has 6 heteroatoms. The number of nitrogens with zero attached hydrogens (tertiary/aromatic N) is 1. The largest absolute Gasteiger partial charge is 0.480 e. The van der Waals surface area contributed by atoms with Crippen LogP contribution < -0.4 is 4.74 Å². The lowest BCUT2D eigenvalue weighted by atomic mass is 10.2. The van der Waals surface area contributed by atoms with E-state index in [4.69, 9.17) is 9.84 Å². The highest BCUT2D eigenvalue weighted by molar-refractivity contribution is 5.84. The summed E-state index contributed by atoms with van der Waals surface area (Å²) in [6.45, 7) is 3.52. The van der Waals surface area contributed by atoms with Crippen molar-refractivity contribution in [2.24, 2.45) is 0 Å². The number of hydrogen-bond acceptors (Lipinski definition) is 3. The molecular weight excluding hydrogens is 277 g/mol. The smallest absolute Gasteiger partial charge is 0.323 e. The van der Waals surface area contributed by atoms with Gasteiger partial charge in [0.05, 0.1) is 0 Å². The van der Waals surface area contributed by atoms with Crippen LogP contribution in [0.2, 0.25) is 0 Å². The predicted octanol–water partition coefficient (Wildman–Crippen LogP) is 2.31. The highest BCUT2D eigenvalue weighted by Crippen LogP contribution is 2.19. The second-order valence-electron chi connectivity index (χ2n) is 4.60. The third-order valence-corrected chi connectivity index (χ3v) is 2.88. The maximum Gasteiger partial charge on any atom is 0.323 e. The zero-order chi connectivity index (χ0) is 15.8. The van der Waals surface area contributed by atoms with Gasteiger partial charge in [-0.3, -0.25) is 9.59 Å². The van der Waals surface area contributed by atoms with Gasteiger partial charge in [0.25, 0.3) is 5.91 Å². The molecule has 1 rings (SSSR count). The summed E-state index contributed by atoms with van der Waals surface area (Å²) in [7, 11) is 0. The molecule has 0 radical (unpaired) electrons. The fourth-order valence-corrected chi connectivity index (χ4v) is 1.91. The summed E-state index contributed by atoms with van der Waals surface area (Å²) in [5.74, 6) is -2.09. The molecule has 0 aliphatic rings. The van der Waals surface area contributed by atoms with Gasteiger partial charge in [-0.05, 0) is 25.0 Å². The van der Waals surface area contributed by atoms with Crippen LogP contribution in [0.25, 0.3) is 0 Å². The molecule has 116 valence electrons. The summed E-state index contributed by atoms with van der Waals surface area (Å²) >= 11 is 0. The van der Waals surface area contributed by atoms with Crippen LogP contribution in [0.4, 0.5) is 4.39 Å². The lowest BCUT2D eigenvalue weighted by molar-refractivity contribution is -0.148. The standard InChI is InChI=1S/C15H20FNO4/c1-3-9-17(10-14(18)19)15(20)12(4-2)21-13-8-6-5-7-11(13)16/h5-8,12H,3-4,9-10H2,1-2H3,(H,18,19). The van der Waals surface area contributed by atoms with Gasteiger partial charge in [0.1, 0.15) is 6.54 Å². The van der Waals surface area contributed by atoms with Gasteiger partial charge in [-0.25, -0.2) is 4.39 Å². The number of carbonyl (C=O) groups excluding carboxylic acids is 1. The van der Waals surface area contributed by atoms with E-state index in [1.165, 1.54) is 23.1 Å². The molecule has 0 bridgehead atoms. The molecule has 0 aliphatic carbocycles. The van der Waals surface area contributed by atoms with E-state index in [9.17, 15) is 14.0 Å². The molecule has 21 heavy (non-hydrogen) atoms. The first-order valence-corrected chi connectivity index (χ1v) is 6.91. The third-order valence-electron chi connectivity index (χ3n) is 2.88. The third kappa shape index (κ3) is 5.06. The van der Waals surface area contributed by atoms with Crippen molar-refractivity contribution in [1.82, 2.24) is 4.90 Å². The van der Waals surface area contributed by atoms with Crippen molar-refractivity contribution in [3.05, 3.63) is 30.1 Å². The molecule has 0 saturated carbocycles. The fraction of sp³-hybridized carbons (Fsp3) is 0.467. The number of hydrogen-bond donors (Lipinski definition) is 1. The maximum absolute atomic E-state index is 13.6. The molecule has 1 aromatic carbocycles. The number of halogens is 1. The second kappa shape index (κ2) is 8.24. The second-order valence-corrected chi connectivity index (χ2v) is 4.60. The molecule has 0 heterocycles. The average Bonchev–Trinajstić information content (AvgIpc) is 2.45. The van der Waals surface area contributed by atoms with Crippen LogP contribution in [-0.4, -0.2) is 41.1 Å². The van der Waals surface area contributed by atoms with Gasteiger partial charge in [-0.15, -0.1) is 0 Å². The number of para-hydroxylation sites is 1. The molecule has 0 saturated heterocycles. The fourth-order valence-electron chi connectivity index (χ4n) is 1.91. The summed E-state index contributed by atoms with van der Waals surface area (Å²) < 4.78 is 19.0. The van der Waals surface area contributed by atoms with E-state index in [1.54, 1.807) is 13.0 Å². The number of rotatable bonds is 8. The summed E-state index contributed by atoms with van der Waals surface area (Å²) in [6, 6.07) is 5.82. The Hall–Kier alpha value is -2.11. The molecule has 1 unspecified atom stereocenters. The summed E-state index contributed by atoms with van der Waals surface area (Å²) in [4.78, 5) is 24.4. The SMILES string of the molecule is CCCN(CC(=O)O)C(=O)C(CC)Oc1ccccc1F. The van der Waals surface area contributed by atoms with Crippen LogP contribution >= 0.6 is 0 Å². The Labute approximate surface area is 123 Å². The van der Waals surface area contributed by atoms with Crippen molar-refractivity contribution in [2.75, 3.05) is 13.1 Å². The molecule has 1 amide bonds. The number of carboxylic acid groups (broad SMARTS) is 1. The number of amides is 1. The van der Waals surface area contributed by atoms with Crippen LogP contribution in [0.1, 0.15) is 26.7 Å². The summed E-state index contributed by atoms with van der Waals surface area (Å²) in [6.07, 6.45) is 0.0649. The minimum Gasteiger partial charge on any atom is -0.480 e. The lowest BCUT2D eigenvalue weighted by Crippen LogP contribution is -2.44. The van der Waals surface area contributed by atoms with Gasteiger partial charge in [0.2, 0.25) is 0 Å². The number of benzene rings is 1. The van der Waals surface area contributed by atoms with E-state index in [2.05, 4.69) is 0 Å². The van der Waals surface area contributed by atoms with Crippen molar-refractivity contribution in [2.45, 2.75) is 32.8 Å².